The van der Waals surface area contributed by atoms with E-state index in [0.29, 0.717) is 19.4 Å². The predicted octanol–water partition coefficient (Wildman–Crippen LogP) is 0.982. The van der Waals surface area contributed by atoms with Crippen LogP contribution >= 0.6 is 11.3 Å². The van der Waals surface area contributed by atoms with Crippen molar-refractivity contribution in [2.75, 3.05) is 13.1 Å². The van der Waals surface area contributed by atoms with Gasteiger partial charge in [0.25, 0.3) is 10.0 Å². The predicted molar refractivity (Wildman–Crippen MR) is 69.9 cm³/mol. The minimum Gasteiger partial charge on any atom is -0.477 e. The normalized spacial score (nSPS) is 25.4. The molecule has 0 aliphatic carbocycles. The van der Waals surface area contributed by atoms with Crippen LogP contribution in [0.4, 0.5) is 0 Å². The number of carboxylic acid groups (broad SMARTS) is 1. The van der Waals surface area contributed by atoms with Crippen LogP contribution in [0.15, 0.2) is 16.3 Å². The molecular formula is C11H15NO5S2. The van der Waals surface area contributed by atoms with E-state index >= 15 is 0 Å². The Morgan fingerprint density at radius 3 is 2.68 bits per heavy atom. The fourth-order valence-corrected chi connectivity index (χ4v) is 4.98. The van der Waals surface area contributed by atoms with E-state index in [2.05, 4.69) is 0 Å². The molecule has 2 heterocycles. The molecule has 19 heavy (non-hydrogen) atoms. The number of piperidine rings is 1. The summed E-state index contributed by atoms with van der Waals surface area (Å²) in [5.41, 5.74) is -1.03. The van der Waals surface area contributed by atoms with Gasteiger partial charge in [0, 0.05) is 13.1 Å². The van der Waals surface area contributed by atoms with Gasteiger partial charge < -0.3 is 10.2 Å². The number of aromatic carboxylic acids is 1. The maximum Gasteiger partial charge on any atom is 0.345 e. The second kappa shape index (κ2) is 4.86. The molecule has 8 heteroatoms. The number of aliphatic hydroxyl groups is 1. The number of sulfonamides is 1. The van der Waals surface area contributed by atoms with E-state index in [0.717, 1.165) is 11.3 Å². The third kappa shape index (κ3) is 2.97. The van der Waals surface area contributed by atoms with Gasteiger partial charge in [0.1, 0.15) is 9.09 Å². The van der Waals surface area contributed by atoms with Gasteiger partial charge in [0.05, 0.1) is 5.60 Å². The summed E-state index contributed by atoms with van der Waals surface area (Å²) in [5.74, 6) is -1.14. The molecular weight excluding hydrogens is 290 g/mol. The monoisotopic (exact) mass is 305 g/mol. The minimum atomic E-state index is -3.72. The van der Waals surface area contributed by atoms with Gasteiger partial charge >= 0.3 is 5.97 Å². The van der Waals surface area contributed by atoms with Crippen molar-refractivity contribution in [3.8, 4) is 0 Å². The quantitative estimate of drug-likeness (QED) is 0.868. The topological polar surface area (TPSA) is 94.9 Å². The van der Waals surface area contributed by atoms with Crippen molar-refractivity contribution in [2.24, 2.45) is 0 Å². The van der Waals surface area contributed by atoms with Gasteiger partial charge in [-0.1, -0.05) is 0 Å². The summed E-state index contributed by atoms with van der Waals surface area (Å²) in [4.78, 5) is 10.8. The van der Waals surface area contributed by atoms with Crippen LogP contribution < -0.4 is 0 Å². The number of carbonyl (C=O) groups is 1. The highest BCUT2D eigenvalue weighted by Gasteiger charge is 2.36. The van der Waals surface area contributed by atoms with Crippen LogP contribution in [0.2, 0.25) is 0 Å². The molecule has 1 atom stereocenters. The molecule has 1 unspecified atom stereocenters. The largest absolute Gasteiger partial charge is 0.477 e. The zero-order chi connectivity index (χ0) is 14.3. The van der Waals surface area contributed by atoms with Gasteiger partial charge in [-0.15, -0.1) is 11.3 Å². The van der Waals surface area contributed by atoms with Crippen LogP contribution in [0.25, 0.3) is 0 Å². The molecule has 0 bridgehead atoms. The molecule has 6 nitrogen and oxygen atoms in total. The Labute approximate surface area is 115 Å². The fraction of sp³-hybridized carbons (Fsp3) is 0.545. The molecule has 1 saturated heterocycles. The summed E-state index contributed by atoms with van der Waals surface area (Å²) in [7, 11) is -3.72. The fourth-order valence-electron chi connectivity index (χ4n) is 2.08. The molecule has 1 aromatic heterocycles. The summed E-state index contributed by atoms with van der Waals surface area (Å²) >= 11 is 0.731. The van der Waals surface area contributed by atoms with Crippen LogP contribution in [-0.4, -0.2) is 47.6 Å². The molecule has 0 amide bonds. The average molecular weight is 305 g/mol. The highest BCUT2D eigenvalue weighted by atomic mass is 32.2. The maximum atomic E-state index is 12.3. The number of hydrogen-bond acceptors (Lipinski definition) is 5. The van der Waals surface area contributed by atoms with Crippen LogP contribution in [-0.2, 0) is 10.0 Å². The van der Waals surface area contributed by atoms with Gasteiger partial charge in [-0.25, -0.2) is 13.2 Å². The van der Waals surface area contributed by atoms with Crippen molar-refractivity contribution in [3.05, 3.63) is 17.0 Å². The zero-order valence-corrected chi connectivity index (χ0v) is 12.0. The molecule has 106 valence electrons. The molecule has 1 aliphatic heterocycles. The molecule has 0 aromatic carbocycles. The number of thiophene rings is 1. The van der Waals surface area contributed by atoms with Gasteiger partial charge in [-0.2, -0.15) is 4.31 Å². The second-order valence-electron chi connectivity index (χ2n) is 4.86. The molecule has 1 aliphatic rings. The third-order valence-electron chi connectivity index (χ3n) is 3.03. The highest BCUT2D eigenvalue weighted by Crippen LogP contribution is 2.29. The van der Waals surface area contributed by atoms with Crippen molar-refractivity contribution in [1.29, 1.82) is 0 Å². The van der Waals surface area contributed by atoms with Gasteiger partial charge in [-0.3, -0.25) is 0 Å². The van der Waals surface area contributed by atoms with Crippen molar-refractivity contribution < 1.29 is 23.4 Å². The number of hydrogen-bond donors (Lipinski definition) is 2. The lowest BCUT2D eigenvalue weighted by Crippen LogP contribution is -2.48. The maximum absolute atomic E-state index is 12.3. The Hall–Kier alpha value is -0.960. The Balaban J connectivity index is 2.28. The van der Waals surface area contributed by atoms with Gasteiger partial charge in [0.2, 0.25) is 0 Å². The summed E-state index contributed by atoms with van der Waals surface area (Å²) in [5, 5.41) is 18.8. The highest BCUT2D eigenvalue weighted by molar-refractivity contribution is 7.91. The van der Waals surface area contributed by atoms with E-state index in [4.69, 9.17) is 5.11 Å². The molecule has 2 rings (SSSR count). The molecule has 0 radical (unpaired) electrons. The van der Waals surface area contributed by atoms with Crippen molar-refractivity contribution in [3.63, 3.8) is 0 Å². The summed E-state index contributed by atoms with van der Waals surface area (Å²) in [6.45, 7) is 1.99. The summed E-state index contributed by atoms with van der Waals surface area (Å²) < 4.78 is 25.9. The number of β-amino-alcohol motifs (C(OH)–C–C–N with tert-alkyl or cyclic N) is 1. The third-order valence-corrected chi connectivity index (χ3v) is 6.41. The second-order valence-corrected chi connectivity index (χ2v) is 8.11. The van der Waals surface area contributed by atoms with Crippen molar-refractivity contribution in [2.45, 2.75) is 29.6 Å². The minimum absolute atomic E-state index is 0.00241. The van der Waals surface area contributed by atoms with Crippen LogP contribution in [0.1, 0.15) is 29.4 Å². The smallest absolute Gasteiger partial charge is 0.345 e. The van der Waals surface area contributed by atoms with E-state index in [1.807, 2.05) is 0 Å². The first-order chi connectivity index (χ1) is 8.72. The Morgan fingerprint density at radius 1 is 1.47 bits per heavy atom. The lowest BCUT2D eigenvalue weighted by Gasteiger charge is -2.35. The Bertz CT molecular complexity index is 590. The lowest BCUT2D eigenvalue weighted by molar-refractivity contribution is 0.00944. The van der Waals surface area contributed by atoms with E-state index in [1.165, 1.54) is 16.4 Å². The molecule has 2 N–H and O–H groups in total. The first kappa shape index (κ1) is 14.4. The number of carboxylic acids is 1. The molecule has 0 spiro atoms. The summed E-state index contributed by atoms with van der Waals surface area (Å²) in [6, 6.07) is 2.58. The molecule has 1 fully saturated rings. The Kier molecular flexibility index (Phi) is 3.69. The van der Waals surface area contributed by atoms with Crippen LogP contribution in [0.5, 0.6) is 0 Å². The van der Waals surface area contributed by atoms with Crippen LogP contribution in [0.3, 0.4) is 0 Å². The SMILES string of the molecule is CC1(O)CCCN(S(=O)(=O)c2ccc(C(=O)O)s2)C1. The van der Waals surface area contributed by atoms with Gasteiger partial charge in [-0.05, 0) is 31.9 Å². The number of rotatable bonds is 3. The van der Waals surface area contributed by atoms with E-state index in [1.54, 1.807) is 6.92 Å². The first-order valence-corrected chi connectivity index (χ1v) is 8.04. The Morgan fingerprint density at radius 2 is 2.16 bits per heavy atom. The zero-order valence-electron chi connectivity index (χ0n) is 10.4. The summed E-state index contributed by atoms with van der Waals surface area (Å²) in [6.07, 6.45) is 1.15. The standard InChI is InChI=1S/C11H15NO5S2/c1-11(15)5-2-6-12(7-11)19(16,17)9-4-3-8(18-9)10(13)14/h3-4,15H,2,5-7H2,1H3,(H,13,14). The van der Waals surface area contributed by atoms with E-state index < -0.39 is 21.6 Å². The first-order valence-electron chi connectivity index (χ1n) is 5.78. The van der Waals surface area contributed by atoms with Crippen LogP contribution in [0, 0.1) is 0 Å². The molecule has 1 aromatic rings. The van der Waals surface area contributed by atoms with Crippen molar-refractivity contribution in [1.82, 2.24) is 4.31 Å². The van der Waals surface area contributed by atoms with Gasteiger partial charge in [0.15, 0.2) is 0 Å². The average Bonchev–Trinajstić information content (AvgIpc) is 2.77. The number of nitrogens with zero attached hydrogens (tertiary/aromatic N) is 1. The van der Waals surface area contributed by atoms with Crippen molar-refractivity contribution >= 4 is 27.3 Å². The lowest BCUT2D eigenvalue weighted by atomic mass is 9.97. The van der Waals surface area contributed by atoms with E-state index in [-0.39, 0.29) is 15.6 Å². The molecule has 0 saturated carbocycles. The van der Waals surface area contributed by atoms with E-state index in [9.17, 15) is 18.3 Å².